The van der Waals surface area contributed by atoms with E-state index in [0.717, 1.165) is 11.8 Å². The second-order valence-corrected chi connectivity index (χ2v) is 12.0. The Balaban J connectivity index is 0.00000171. The van der Waals surface area contributed by atoms with Crippen LogP contribution in [0.25, 0.3) is 0 Å². The summed E-state index contributed by atoms with van der Waals surface area (Å²) in [4.78, 5) is 49.0. The highest BCUT2D eigenvalue weighted by Gasteiger charge is 2.57. The van der Waals surface area contributed by atoms with Gasteiger partial charge in [-0.05, 0) is 88.9 Å². The van der Waals surface area contributed by atoms with Gasteiger partial charge in [0.2, 0.25) is 0 Å². The molecule has 4 bridgehead atoms. The van der Waals surface area contributed by atoms with Crippen LogP contribution in [-0.2, 0) is 33.4 Å². The van der Waals surface area contributed by atoms with Crippen molar-refractivity contribution in [2.45, 2.75) is 126 Å². The van der Waals surface area contributed by atoms with E-state index in [1.807, 2.05) is 0 Å². The Hall–Kier alpha value is -1.92. The number of cyclic esters (lactones) is 3. The summed E-state index contributed by atoms with van der Waals surface area (Å²) in [6.45, 7) is 5.61. The quantitative estimate of drug-likeness (QED) is 0.213. The monoisotopic (exact) mass is 524 g/mol. The number of carbonyl (C=O) groups is 4. The molecule has 2 saturated heterocycles. The zero-order valence-corrected chi connectivity index (χ0v) is 20.0. The van der Waals surface area contributed by atoms with Gasteiger partial charge in [0.15, 0.2) is 0 Å². The average molecular weight is 525 g/mol. The molecule has 0 spiro atoms. The minimum absolute atomic E-state index is 0. The standard InChI is InChI=1S/C26H36O7.4CH4/c1-14-20(23(29)32-22(14)28)13-25(2)12-19(31-24(25)30)5-4-6-21(27)33-26(3)17-8-15-7-16(10-17)11-18(26)9-15;;;;/h14-20H,4-13H2,1-3H3;4*1H4. The Morgan fingerprint density at radius 1 is 0.919 bits per heavy atom. The van der Waals surface area contributed by atoms with Crippen molar-refractivity contribution >= 4 is 23.9 Å². The van der Waals surface area contributed by atoms with Gasteiger partial charge >= 0.3 is 23.9 Å². The van der Waals surface area contributed by atoms with E-state index in [-0.39, 0.29) is 59.8 Å². The Labute approximate surface area is 224 Å². The highest BCUT2D eigenvalue weighted by atomic mass is 16.6. The van der Waals surface area contributed by atoms with E-state index in [1.165, 1.54) is 32.1 Å². The van der Waals surface area contributed by atoms with Gasteiger partial charge in [-0.2, -0.15) is 0 Å². The lowest BCUT2D eigenvalue weighted by atomic mass is 9.50. The van der Waals surface area contributed by atoms with E-state index in [0.29, 0.717) is 37.5 Å². The average Bonchev–Trinajstić information content (AvgIpc) is 3.15. The van der Waals surface area contributed by atoms with Crippen molar-refractivity contribution in [2.75, 3.05) is 0 Å². The van der Waals surface area contributed by atoms with Gasteiger partial charge < -0.3 is 14.2 Å². The zero-order valence-electron chi connectivity index (χ0n) is 20.0. The summed E-state index contributed by atoms with van der Waals surface area (Å²) in [6, 6.07) is 0. The first kappa shape index (κ1) is 33.1. The first-order chi connectivity index (χ1) is 15.6. The van der Waals surface area contributed by atoms with Crippen LogP contribution in [0.3, 0.4) is 0 Å². The van der Waals surface area contributed by atoms with Gasteiger partial charge in [-0.25, -0.2) is 0 Å². The molecular formula is C30H52O7. The van der Waals surface area contributed by atoms with E-state index in [4.69, 9.17) is 14.2 Å². The first-order valence-electron chi connectivity index (χ1n) is 12.8. The number of ether oxygens (including phenoxy) is 3. The summed E-state index contributed by atoms with van der Waals surface area (Å²) < 4.78 is 16.4. The molecule has 0 aromatic rings. The molecule has 0 aromatic carbocycles. The van der Waals surface area contributed by atoms with E-state index in [2.05, 4.69) is 6.92 Å². The van der Waals surface area contributed by atoms with Crippen molar-refractivity contribution in [3.8, 4) is 0 Å². The molecule has 4 unspecified atom stereocenters. The fourth-order valence-corrected chi connectivity index (χ4v) is 7.69. The molecule has 7 heteroatoms. The molecule has 0 N–H and O–H groups in total. The summed E-state index contributed by atoms with van der Waals surface area (Å²) in [5, 5.41) is 0. The van der Waals surface area contributed by atoms with Crippen molar-refractivity contribution in [1.82, 2.24) is 0 Å². The molecule has 6 aliphatic rings. The van der Waals surface area contributed by atoms with Crippen LogP contribution in [0.5, 0.6) is 0 Å². The molecule has 0 radical (unpaired) electrons. The van der Waals surface area contributed by atoms with Crippen molar-refractivity contribution in [3.63, 3.8) is 0 Å². The maximum Gasteiger partial charge on any atom is 0.317 e. The van der Waals surface area contributed by atoms with Gasteiger partial charge in [0.25, 0.3) is 0 Å². The molecule has 6 fully saturated rings. The molecule has 7 nitrogen and oxygen atoms in total. The van der Waals surface area contributed by atoms with Gasteiger partial charge in [-0.1, -0.05) is 36.6 Å². The van der Waals surface area contributed by atoms with Crippen LogP contribution in [0.15, 0.2) is 0 Å². The highest BCUT2D eigenvalue weighted by Crippen LogP contribution is 2.59. The summed E-state index contributed by atoms with van der Waals surface area (Å²) in [6.07, 6.45) is 8.14. The van der Waals surface area contributed by atoms with Crippen LogP contribution in [0.4, 0.5) is 0 Å². The molecule has 6 rings (SSSR count). The predicted octanol–water partition coefficient (Wildman–Crippen LogP) is 6.51. The first-order valence-corrected chi connectivity index (χ1v) is 12.8. The summed E-state index contributed by atoms with van der Waals surface area (Å²) in [5.74, 6) is -0.0253. The Morgan fingerprint density at radius 3 is 2.00 bits per heavy atom. The lowest BCUT2D eigenvalue weighted by Crippen LogP contribution is -2.57. The minimum Gasteiger partial charge on any atom is -0.462 e. The maximum atomic E-state index is 12.7. The van der Waals surface area contributed by atoms with Crippen LogP contribution in [-0.4, -0.2) is 35.6 Å². The largest absolute Gasteiger partial charge is 0.462 e. The molecule has 0 aromatic heterocycles. The van der Waals surface area contributed by atoms with Crippen LogP contribution in [0.2, 0.25) is 0 Å². The number of hydrogen-bond acceptors (Lipinski definition) is 7. The third kappa shape index (κ3) is 5.90. The SMILES string of the molecule is C.C.C.C.CC1C(=O)OC(=O)C1CC1(C)CC(CCCC(=O)OC2(C)C3CC4CC(C3)CC2C4)OC1=O. The third-order valence-electron chi connectivity index (χ3n) is 9.59. The molecule has 4 aliphatic carbocycles. The van der Waals surface area contributed by atoms with Gasteiger partial charge in [0.05, 0.1) is 17.3 Å². The second-order valence-electron chi connectivity index (χ2n) is 12.0. The Morgan fingerprint density at radius 2 is 1.49 bits per heavy atom. The molecular weight excluding hydrogens is 472 g/mol. The van der Waals surface area contributed by atoms with E-state index in [9.17, 15) is 19.2 Å². The van der Waals surface area contributed by atoms with E-state index >= 15 is 0 Å². The summed E-state index contributed by atoms with van der Waals surface area (Å²) in [5.41, 5.74) is -1.13. The van der Waals surface area contributed by atoms with Crippen LogP contribution in [0.1, 0.15) is 115 Å². The summed E-state index contributed by atoms with van der Waals surface area (Å²) >= 11 is 0. The van der Waals surface area contributed by atoms with Crippen molar-refractivity contribution < 1.29 is 33.4 Å². The second kappa shape index (κ2) is 11.9. The Kier molecular flexibility index (Phi) is 10.6. The number of rotatable bonds is 7. The highest BCUT2D eigenvalue weighted by molar-refractivity contribution is 5.96. The van der Waals surface area contributed by atoms with Gasteiger partial charge in [0, 0.05) is 12.8 Å². The molecule has 4 atom stereocenters. The topological polar surface area (TPSA) is 96.0 Å². The molecule has 37 heavy (non-hydrogen) atoms. The smallest absolute Gasteiger partial charge is 0.317 e. The normalized spacial score (nSPS) is 40.9. The van der Waals surface area contributed by atoms with E-state index in [1.54, 1.807) is 13.8 Å². The molecule has 214 valence electrons. The lowest BCUT2D eigenvalue weighted by Gasteiger charge is -2.59. The maximum absolute atomic E-state index is 12.7. The molecule has 0 amide bonds. The number of esters is 4. The number of hydrogen-bond donors (Lipinski definition) is 0. The molecule has 2 heterocycles. The van der Waals surface area contributed by atoms with Crippen LogP contribution in [0, 0.1) is 40.9 Å². The van der Waals surface area contributed by atoms with Gasteiger partial charge in [-0.3, -0.25) is 19.2 Å². The fourth-order valence-electron chi connectivity index (χ4n) is 7.69. The molecule has 4 saturated carbocycles. The van der Waals surface area contributed by atoms with Crippen LogP contribution < -0.4 is 0 Å². The summed E-state index contributed by atoms with van der Waals surface area (Å²) in [7, 11) is 0. The van der Waals surface area contributed by atoms with Crippen molar-refractivity contribution in [1.29, 1.82) is 0 Å². The van der Waals surface area contributed by atoms with Crippen molar-refractivity contribution in [3.05, 3.63) is 0 Å². The molecule has 2 aliphatic heterocycles. The van der Waals surface area contributed by atoms with Gasteiger partial charge in [-0.15, -0.1) is 0 Å². The zero-order chi connectivity index (χ0) is 23.5. The number of carbonyl (C=O) groups excluding carboxylic acids is 4. The third-order valence-corrected chi connectivity index (χ3v) is 9.59. The fraction of sp³-hybridized carbons (Fsp3) is 0.867. The predicted molar refractivity (Wildman–Crippen MR) is 143 cm³/mol. The van der Waals surface area contributed by atoms with E-state index < -0.39 is 29.2 Å². The lowest BCUT2D eigenvalue weighted by molar-refractivity contribution is -0.203. The van der Waals surface area contributed by atoms with Crippen molar-refractivity contribution in [2.24, 2.45) is 40.9 Å². The van der Waals surface area contributed by atoms with Gasteiger partial charge in [0.1, 0.15) is 11.7 Å². The minimum atomic E-state index is -0.818. The van der Waals surface area contributed by atoms with Crippen LogP contribution >= 0.6 is 0 Å². The Bertz CT molecular complexity index is 836.